The summed E-state index contributed by atoms with van der Waals surface area (Å²) in [5.41, 5.74) is 7.97. The zero-order valence-corrected chi connectivity index (χ0v) is 18.1. The van der Waals surface area contributed by atoms with E-state index in [-0.39, 0.29) is 12.4 Å². The molecule has 1 atom stereocenters. The van der Waals surface area contributed by atoms with E-state index < -0.39 is 12.0 Å². The Morgan fingerprint density at radius 1 is 1.43 bits per heavy atom. The number of esters is 1. The number of nitrogens with zero attached hydrogens (tertiary/aromatic N) is 3. The second-order valence-corrected chi connectivity index (χ2v) is 7.77. The molecule has 1 aromatic rings. The van der Waals surface area contributed by atoms with Crippen molar-refractivity contribution in [2.24, 2.45) is 10.7 Å². The number of hydrogen-bond acceptors (Lipinski definition) is 8. The Morgan fingerprint density at radius 2 is 2.18 bits per heavy atom. The van der Waals surface area contributed by atoms with Crippen LogP contribution in [0.3, 0.4) is 0 Å². The first-order valence-electron chi connectivity index (χ1n) is 8.68. The van der Waals surface area contributed by atoms with E-state index in [9.17, 15) is 10.1 Å². The average molecular weight is 463 g/mol. The highest BCUT2D eigenvalue weighted by Gasteiger charge is 2.42. The van der Waals surface area contributed by atoms with E-state index in [1.54, 1.807) is 18.7 Å². The molecule has 9 heteroatoms. The number of amidine groups is 1. The summed E-state index contributed by atoms with van der Waals surface area (Å²) in [4.78, 5) is 19.3. The van der Waals surface area contributed by atoms with Crippen LogP contribution in [-0.2, 0) is 9.53 Å². The van der Waals surface area contributed by atoms with Gasteiger partial charge in [-0.25, -0.2) is 9.79 Å². The van der Waals surface area contributed by atoms with Crippen LogP contribution in [0.1, 0.15) is 32.4 Å². The molecule has 2 heterocycles. The molecule has 0 spiro atoms. The van der Waals surface area contributed by atoms with Gasteiger partial charge in [-0.1, -0.05) is 6.07 Å². The minimum absolute atomic E-state index is 0.245. The third-order valence-electron chi connectivity index (χ3n) is 4.24. The van der Waals surface area contributed by atoms with Crippen molar-refractivity contribution in [3.63, 3.8) is 0 Å². The van der Waals surface area contributed by atoms with Gasteiger partial charge in [-0.3, -0.25) is 4.90 Å². The molecule has 0 bridgehead atoms. The van der Waals surface area contributed by atoms with E-state index in [0.29, 0.717) is 33.7 Å². The lowest BCUT2D eigenvalue weighted by atomic mass is 9.94. The Bertz CT molecular complexity index is 964. The molecule has 0 fully saturated rings. The minimum atomic E-state index is -0.558. The lowest BCUT2D eigenvalue weighted by molar-refractivity contribution is -0.139. The van der Waals surface area contributed by atoms with Crippen LogP contribution < -0.4 is 10.5 Å². The molecule has 2 aliphatic heterocycles. The monoisotopic (exact) mass is 462 g/mol. The number of carbonyl (C=O) groups excluding carboxylic acids is 1. The van der Waals surface area contributed by atoms with Crippen LogP contribution in [0.2, 0.25) is 0 Å². The largest absolute Gasteiger partial charge is 0.493 e. The van der Waals surface area contributed by atoms with E-state index in [0.717, 1.165) is 10.0 Å². The number of ether oxygens (including phenoxy) is 2. The van der Waals surface area contributed by atoms with Crippen LogP contribution in [0.5, 0.6) is 5.75 Å². The van der Waals surface area contributed by atoms with Gasteiger partial charge in [-0.2, -0.15) is 5.26 Å². The highest BCUT2D eigenvalue weighted by Crippen LogP contribution is 2.46. The average Bonchev–Trinajstić information content (AvgIpc) is 2.98. The van der Waals surface area contributed by atoms with Crippen molar-refractivity contribution in [3.8, 4) is 11.8 Å². The van der Waals surface area contributed by atoms with Gasteiger partial charge in [-0.15, -0.1) is 0 Å². The molecule has 0 radical (unpaired) electrons. The van der Waals surface area contributed by atoms with Gasteiger partial charge < -0.3 is 15.2 Å². The quantitative estimate of drug-likeness (QED) is 0.663. The maximum absolute atomic E-state index is 12.8. The lowest BCUT2D eigenvalue weighted by Gasteiger charge is -2.35. The summed E-state index contributed by atoms with van der Waals surface area (Å²) in [5.74, 6) is 0.517. The summed E-state index contributed by atoms with van der Waals surface area (Å²) in [5, 5.41) is 9.95. The zero-order chi connectivity index (χ0) is 20.4. The van der Waals surface area contributed by atoms with Crippen molar-refractivity contribution >= 4 is 38.8 Å². The molecule has 1 aromatic carbocycles. The van der Waals surface area contributed by atoms with E-state index in [4.69, 9.17) is 15.2 Å². The molecule has 0 saturated heterocycles. The summed E-state index contributed by atoms with van der Waals surface area (Å²) < 4.78 is 11.6. The number of nitriles is 1. The maximum atomic E-state index is 12.8. The summed E-state index contributed by atoms with van der Waals surface area (Å²) in [6, 6.07) is 7.13. The number of allylic oxidation sites excluding steroid dienone is 2. The topological polar surface area (TPSA) is 101 Å². The molecule has 0 amide bonds. The van der Waals surface area contributed by atoms with Crippen molar-refractivity contribution in [1.29, 1.82) is 5.26 Å². The summed E-state index contributed by atoms with van der Waals surface area (Å²) in [6.45, 7) is 6.20. The Kier molecular flexibility index (Phi) is 6.01. The van der Waals surface area contributed by atoms with Crippen molar-refractivity contribution in [3.05, 3.63) is 50.2 Å². The van der Waals surface area contributed by atoms with Crippen molar-refractivity contribution < 1.29 is 14.3 Å². The molecule has 7 nitrogen and oxygen atoms in total. The van der Waals surface area contributed by atoms with Gasteiger partial charge in [0.2, 0.25) is 0 Å². The zero-order valence-electron chi connectivity index (χ0n) is 15.7. The molecular weight excluding hydrogens is 444 g/mol. The molecule has 0 aliphatic carbocycles. The SMILES string of the molecule is CCOC(=O)C1=C(C)N=C2SC(C#N)=C(N)N2[C@@H]1c1ccc(OCC)c(Br)c1. The predicted molar refractivity (Wildman–Crippen MR) is 111 cm³/mol. The van der Waals surface area contributed by atoms with Gasteiger partial charge in [0.1, 0.15) is 22.5 Å². The standard InChI is InChI=1S/C19H19BrN4O3S/c1-4-26-13-7-6-11(8-12(13)20)16-15(18(25)27-5-2)10(3)23-19-24(16)17(22)14(9-21)28-19/h6-8,16H,4-5,22H2,1-3H3/t16-/m1/s1. The van der Waals surface area contributed by atoms with E-state index >= 15 is 0 Å². The highest BCUT2D eigenvalue weighted by atomic mass is 79.9. The van der Waals surface area contributed by atoms with Gasteiger partial charge >= 0.3 is 5.97 Å². The van der Waals surface area contributed by atoms with E-state index in [1.807, 2.05) is 25.1 Å². The van der Waals surface area contributed by atoms with Gasteiger partial charge in [0.25, 0.3) is 0 Å². The van der Waals surface area contributed by atoms with Gasteiger partial charge in [0.05, 0.1) is 35.0 Å². The summed E-state index contributed by atoms with van der Waals surface area (Å²) >= 11 is 4.72. The van der Waals surface area contributed by atoms with Crippen LogP contribution in [-0.4, -0.2) is 29.3 Å². The number of fused-ring (bicyclic) bond motifs is 1. The van der Waals surface area contributed by atoms with Gasteiger partial charge in [0, 0.05) is 0 Å². The smallest absolute Gasteiger partial charge is 0.338 e. The number of halogens is 1. The number of benzene rings is 1. The van der Waals surface area contributed by atoms with Crippen LogP contribution in [0.4, 0.5) is 0 Å². The number of rotatable bonds is 5. The fourth-order valence-corrected chi connectivity index (χ4v) is 4.51. The molecule has 2 aliphatic rings. The van der Waals surface area contributed by atoms with Crippen molar-refractivity contribution in [2.75, 3.05) is 13.2 Å². The van der Waals surface area contributed by atoms with Crippen molar-refractivity contribution in [1.82, 2.24) is 4.90 Å². The number of nitrogens with two attached hydrogens (primary N) is 1. The third-order valence-corrected chi connectivity index (χ3v) is 5.84. The molecule has 0 aromatic heterocycles. The minimum Gasteiger partial charge on any atom is -0.493 e. The molecule has 0 unspecified atom stereocenters. The first-order chi connectivity index (χ1) is 13.4. The molecule has 3 rings (SSSR count). The Morgan fingerprint density at radius 3 is 2.79 bits per heavy atom. The van der Waals surface area contributed by atoms with Crippen LogP contribution in [0, 0.1) is 11.3 Å². The summed E-state index contributed by atoms with van der Waals surface area (Å²) in [6.07, 6.45) is 0. The van der Waals surface area contributed by atoms with Crippen LogP contribution in [0.15, 0.2) is 49.7 Å². The molecule has 28 heavy (non-hydrogen) atoms. The van der Waals surface area contributed by atoms with Gasteiger partial charge in [0.15, 0.2) is 5.17 Å². The molecule has 0 saturated carbocycles. The second-order valence-electron chi connectivity index (χ2n) is 5.94. The molecule has 2 N–H and O–H groups in total. The summed E-state index contributed by atoms with van der Waals surface area (Å²) in [7, 11) is 0. The number of thioether (sulfide) groups is 1. The number of aliphatic imine (C=N–C) groups is 1. The first-order valence-corrected chi connectivity index (χ1v) is 10.3. The molecular formula is C19H19BrN4O3S. The normalized spacial score (nSPS) is 18.6. The Balaban J connectivity index is 2.16. The van der Waals surface area contributed by atoms with Gasteiger partial charge in [-0.05, 0) is 66.2 Å². The third kappa shape index (κ3) is 3.50. The highest BCUT2D eigenvalue weighted by molar-refractivity contribution is 9.10. The van der Waals surface area contributed by atoms with E-state index in [2.05, 4.69) is 27.0 Å². The predicted octanol–water partition coefficient (Wildman–Crippen LogP) is 3.80. The number of carbonyl (C=O) groups is 1. The van der Waals surface area contributed by atoms with E-state index in [1.165, 1.54) is 11.8 Å². The lowest BCUT2D eigenvalue weighted by Crippen LogP contribution is -2.38. The van der Waals surface area contributed by atoms with Crippen LogP contribution >= 0.6 is 27.7 Å². The Labute approximate surface area is 176 Å². The second kappa shape index (κ2) is 8.29. The maximum Gasteiger partial charge on any atom is 0.338 e. The Hall–Kier alpha value is -2.44. The number of hydrogen-bond donors (Lipinski definition) is 1. The molecule has 146 valence electrons. The fraction of sp³-hybridized carbons (Fsp3) is 0.316. The van der Waals surface area contributed by atoms with Crippen molar-refractivity contribution in [2.45, 2.75) is 26.8 Å². The first kappa shape index (κ1) is 20.3. The fourth-order valence-electron chi connectivity index (χ4n) is 3.09. The van der Waals surface area contributed by atoms with Crippen LogP contribution in [0.25, 0.3) is 0 Å².